The third-order valence-corrected chi connectivity index (χ3v) is 6.44. The standard InChI is InChI=1S/C23H27N3O3/c1-15-12-17-13-18(6-7-21(17)28-15)24-23(27)22-14-20(25-29-22)16-8-10-26(11-9-16)19-4-2-3-5-19/h6-7,12-14,16,19H,2-5,8-11H2,1H3,(H,24,27). The lowest BCUT2D eigenvalue weighted by Crippen LogP contribution is -2.39. The highest BCUT2D eigenvalue weighted by Crippen LogP contribution is 2.32. The highest BCUT2D eigenvalue weighted by Gasteiger charge is 2.29. The van der Waals surface area contributed by atoms with Gasteiger partial charge in [0, 0.05) is 29.1 Å². The molecule has 6 heteroatoms. The van der Waals surface area contributed by atoms with Gasteiger partial charge in [0.1, 0.15) is 11.3 Å². The zero-order chi connectivity index (χ0) is 19.8. The fourth-order valence-electron chi connectivity index (χ4n) is 4.86. The van der Waals surface area contributed by atoms with Gasteiger partial charge in [-0.1, -0.05) is 18.0 Å². The van der Waals surface area contributed by atoms with Crippen LogP contribution < -0.4 is 5.32 Å². The molecule has 1 N–H and O–H groups in total. The van der Waals surface area contributed by atoms with Crippen molar-refractivity contribution in [1.82, 2.24) is 10.1 Å². The molecule has 0 radical (unpaired) electrons. The molecule has 0 spiro atoms. The number of hydrogen-bond acceptors (Lipinski definition) is 5. The summed E-state index contributed by atoms with van der Waals surface area (Å²) in [4.78, 5) is 15.2. The highest BCUT2D eigenvalue weighted by molar-refractivity contribution is 6.03. The fraction of sp³-hybridized carbons (Fsp3) is 0.478. The second kappa shape index (κ2) is 7.67. The largest absolute Gasteiger partial charge is 0.461 e. The molecule has 0 unspecified atom stereocenters. The van der Waals surface area contributed by atoms with Gasteiger partial charge in [0.25, 0.3) is 5.91 Å². The summed E-state index contributed by atoms with van der Waals surface area (Å²) in [6, 6.07) is 10.1. The van der Waals surface area contributed by atoms with Crippen LogP contribution in [0.25, 0.3) is 11.0 Å². The maximum absolute atomic E-state index is 12.6. The van der Waals surface area contributed by atoms with E-state index in [1.807, 2.05) is 37.3 Å². The molecule has 1 saturated heterocycles. The van der Waals surface area contributed by atoms with Crippen LogP contribution in [0.5, 0.6) is 0 Å². The second-order valence-corrected chi connectivity index (χ2v) is 8.43. The molecule has 1 amide bonds. The van der Waals surface area contributed by atoms with Crippen LogP contribution in [-0.2, 0) is 0 Å². The van der Waals surface area contributed by atoms with Crippen molar-refractivity contribution < 1.29 is 13.7 Å². The van der Waals surface area contributed by atoms with Gasteiger partial charge < -0.3 is 19.2 Å². The van der Waals surface area contributed by atoms with Gasteiger partial charge in [0.2, 0.25) is 5.76 Å². The molecule has 0 bridgehead atoms. The van der Waals surface area contributed by atoms with Gasteiger partial charge in [-0.25, -0.2) is 0 Å². The topological polar surface area (TPSA) is 71.5 Å². The summed E-state index contributed by atoms with van der Waals surface area (Å²) >= 11 is 0. The third kappa shape index (κ3) is 3.81. The first-order valence-electron chi connectivity index (χ1n) is 10.7. The molecule has 6 nitrogen and oxygen atoms in total. The van der Waals surface area contributed by atoms with E-state index in [4.69, 9.17) is 8.94 Å². The van der Waals surface area contributed by atoms with Crippen LogP contribution in [-0.4, -0.2) is 35.1 Å². The molecule has 152 valence electrons. The zero-order valence-electron chi connectivity index (χ0n) is 16.8. The van der Waals surface area contributed by atoms with Crippen LogP contribution in [0, 0.1) is 6.92 Å². The number of rotatable bonds is 4. The van der Waals surface area contributed by atoms with E-state index in [1.165, 1.54) is 25.7 Å². The van der Waals surface area contributed by atoms with E-state index in [2.05, 4.69) is 15.4 Å². The number of carbonyl (C=O) groups excluding carboxylic acids is 1. The van der Waals surface area contributed by atoms with Crippen LogP contribution in [0.3, 0.4) is 0 Å². The number of hydrogen-bond donors (Lipinski definition) is 1. The second-order valence-electron chi connectivity index (χ2n) is 8.43. The lowest BCUT2D eigenvalue weighted by atomic mass is 9.92. The minimum atomic E-state index is -0.272. The van der Waals surface area contributed by atoms with E-state index in [0.717, 1.165) is 54.4 Å². The Morgan fingerprint density at radius 3 is 2.69 bits per heavy atom. The van der Waals surface area contributed by atoms with E-state index in [9.17, 15) is 4.79 Å². The van der Waals surface area contributed by atoms with Gasteiger partial charge in [-0.05, 0) is 70.0 Å². The van der Waals surface area contributed by atoms with Gasteiger partial charge in [-0.3, -0.25) is 4.79 Å². The molecule has 1 saturated carbocycles. The number of aromatic nitrogens is 1. The summed E-state index contributed by atoms with van der Waals surface area (Å²) in [5.41, 5.74) is 2.43. The van der Waals surface area contributed by atoms with Gasteiger partial charge in [-0.2, -0.15) is 0 Å². The molecule has 2 aliphatic rings. The zero-order valence-corrected chi connectivity index (χ0v) is 16.8. The third-order valence-electron chi connectivity index (χ3n) is 6.44. The lowest BCUT2D eigenvalue weighted by Gasteiger charge is -2.35. The number of aryl methyl sites for hydroxylation is 1. The number of piperidine rings is 1. The van der Waals surface area contributed by atoms with Crippen molar-refractivity contribution in [3.05, 3.63) is 47.5 Å². The maximum Gasteiger partial charge on any atom is 0.294 e. The SMILES string of the molecule is Cc1cc2cc(NC(=O)c3cc(C4CCN(C5CCCC5)CC4)no3)ccc2o1. The van der Waals surface area contributed by atoms with Gasteiger partial charge in [0.05, 0.1) is 5.69 Å². The first-order valence-corrected chi connectivity index (χ1v) is 10.7. The Kier molecular flexibility index (Phi) is 4.87. The highest BCUT2D eigenvalue weighted by atomic mass is 16.5. The number of nitrogens with zero attached hydrogens (tertiary/aromatic N) is 2. The molecule has 2 fully saturated rings. The van der Waals surface area contributed by atoms with Crippen LogP contribution in [0.15, 0.2) is 39.3 Å². The molecule has 2 aromatic heterocycles. The average molecular weight is 393 g/mol. The van der Waals surface area contributed by atoms with Crippen LogP contribution in [0.1, 0.15) is 66.5 Å². The van der Waals surface area contributed by atoms with Crippen molar-refractivity contribution in [3.63, 3.8) is 0 Å². The fourth-order valence-corrected chi connectivity index (χ4v) is 4.86. The van der Waals surface area contributed by atoms with Crippen molar-refractivity contribution >= 4 is 22.6 Å². The van der Waals surface area contributed by atoms with Crippen molar-refractivity contribution in [2.45, 2.75) is 57.4 Å². The molecule has 5 rings (SSSR count). The number of nitrogens with one attached hydrogen (secondary N) is 1. The van der Waals surface area contributed by atoms with E-state index >= 15 is 0 Å². The molecule has 3 heterocycles. The van der Waals surface area contributed by atoms with E-state index in [1.54, 1.807) is 0 Å². The molecule has 1 aliphatic heterocycles. The summed E-state index contributed by atoms with van der Waals surface area (Å²) in [6.07, 6.45) is 7.62. The predicted molar refractivity (Wildman–Crippen MR) is 111 cm³/mol. The smallest absolute Gasteiger partial charge is 0.294 e. The Balaban J connectivity index is 1.21. The number of anilines is 1. The van der Waals surface area contributed by atoms with E-state index in [0.29, 0.717) is 11.6 Å². The number of fused-ring (bicyclic) bond motifs is 1. The van der Waals surface area contributed by atoms with Gasteiger partial charge >= 0.3 is 0 Å². The van der Waals surface area contributed by atoms with Crippen molar-refractivity contribution in [2.24, 2.45) is 0 Å². The maximum atomic E-state index is 12.6. The molecule has 3 aromatic rings. The van der Waals surface area contributed by atoms with Crippen molar-refractivity contribution in [1.29, 1.82) is 0 Å². The van der Waals surface area contributed by atoms with Crippen LogP contribution in [0.4, 0.5) is 5.69 Å². The molecule has 1 aliphatic carbocycles. The Labute approximate surface area is 170 Å². The number of benzene rings is 1. The number of amides is 1. The summed E-state index contributed by atoms with van der Waals surface area (Å²) in [6.45, 7) is 4.15. The normalized spacial score (nSPS) is 19.2. The Bertz CT molecular complexity index is 1010. The van der Waals surface area contributed by atoms with Gasteiger partial charge in [0.15, 0.2) is 0 Å². The van der Waals surface area contributed by atoms with Crippen LogP contribution >= 0.6 is 0 Å². The Hall–Kier alpha value is -2.60. The predicted octanol–water partition coefficient (Wildman–Crippen LogP) is 5.10. The average Bonchev–Trinajstić information content (AvgIpc) is 3.48. The Morgan fingerprint density at radius 2 is 1.90 bits per heavy atom. The van der Waals surface area contributed by atoms with Crippen LogP contribution in [0.2, 0.25) is 0 Å². The number of carbonyl (C=O) groups is 1. The molecule has 29 heavy (non-hydrogen) atoms. The minimum absolute atomic E-state index is 0.265. The molecular formula is C23H27N3O3. The quantitative estimate of drug-likeness (QED) is 0.667. The summed E-state index contributed by atoms with van der Waals surface area (Å²) in [5.74, 6) is 1.22. The molecular weight excluding hydrogens is 366 g/mol. The monoisotopic (exact) mass is 393 g/mol. The minimum Gasteiger partial charge on any atom is -0.461 e. The summed E-state index contributed by atoms with van der Waals surface area (Å²) < 4.78 is 11.0. The van der Waals surface area contributed by atoms with E-state index < -0.39 is 0 Å². The lowest BCUT2D eigenvalue weighted by molar-refractivity contribution is 0.0987. The van der Waals surface area contributed by atoms with Gasteiger partial charge in [-0.15, -0.1) is 0 Å². The molecule has 1 aromatic carbocycles. The number of furan rings is 1. The van der Waals surface area contributed by atoms with E-state index in [-0.39, 0.29) is 11.7 Å². The van der Waals surface area contributed by atoms with Crippen molar-refractivity contribution in [2.75, 3.05) is 18.4 Å². The number of likely N-dealkylation sites (tertiary alicyclic amines) is 1. The summed E-state index contributed by atoms with van der Waals surface area (Å²) in [7, 11) is 0. The first kappa shape index (κ1) is 18.4. The molecule has 0 atom stereocenters. The first-order chi connectivity index (χ1) is 14.2. The summed E-state index contributed by atoms with van der Waals surface area (Å²) in [5, 5.41) is 8.07. The Morgan fingerprint density at radius 1 is 1.10 bits per heavy atom. The van der Waals surface area contributed by atoms with Crippen molar-refractivity contribution in [3.8, 4) is 0 Å².